The van der Waals surface area contributed by atoms with Gasteiger partial charge in [0.2, 0.25) is 5.88 Å². The molecule has 0 bridgehead atoms. The van der Waals surface area contributed by atoms with Crippen LogP contribution in [0.15, 0.2) is 12.3 Å². The Hall–Kier alpha value is -1.07. The molecule has 0 aromatic carbocycles. The SMILES string of the molecule is c1cc(OCCN2CCOCC2)n[nH]1. The third-order valence-corrected chi connectivity index (χ3v) is 2.24. The molecule has 0 atom stereocenters. The molecule has 1 aliphatic heterocycles. The number of nitrogens with zero attached hydrogens (tertiary/aromatic N) is 2. The van der Waals surface area contributed by atoms with Crippen LogP contribution in [-0.4, -0.2) is 54.6 Å². The molecule has 1 aromatic rings. The van der Waals surface area contributed by atoms with E-state index in [9.17, 15) is 0 Å². The van der Waals surface area contributed by atoms with Crippen LogP contribution in [0.2, 0.25) is 0 Å². The molecule has 0 radical (unpaired) electrons. The second-order valence-electron chi connectivity index (χ2n) is 3.21. The van der Waals surface area contributed by atoms with Gasteiger partial charge in [-0.1, -0.05) is 0 Å². The van der Waals surface area contributed by atoms with Gasteiger partial charge in [-0.15, -0.1) is 5.10 Å². The van der Waals surface area contributed by atoms with Gasteiger partial charge in [-0.25, -0.2) is 0 Å². The van der Waals surface area contributed by atoms with Crippen molar-refractivity contribution in [2.75, 3.05) is 39.5 Å². The summed E-state index contributed by atoms with van der Waals surface area (Å²) in [7, 11) is 0. The van der Waals surface area contributed by atoms with Crippen LogP contribution in [0.1, 0.15) is 0 Å². The molecule has 2 rings (SSSR count). The predicted octanol–water partition coefficient (Wildman–Crippen LogP) is 0.121. The van der Waals surface area contributed by atoms with Crippen LogP contribution >= 0.6 is 0 Å². The monoisotopic (exact) mass is 197 g/mol. The average molecular weight is 197 g/mol. The van der Waals surface area contributed by atoms with Gasteiger partial charge in [-0.05, 0) is 0 Å². The van der Waals surface area contributed by atoms with E-state index >= 15 is 0 Å². The van der Waals surface area contributed by atoms with Gasteiger partial charge in [-0.2, -0.15) is 0 Å². The molecule has 0 aliphatic carbocycles. The van der Waals surface area contributed by atoms with Crippen LogP contribution in [-0.2, 0) is 4.74 Å². The second kappa shape index (κ2) is 4.97. The molecule has 1 aromatic heterocycles. The first-order valence-electron chi connectivity index (χ1n) is 4.88. The number of hydrogen-bond donors (Lipinski definition) is 1. The van der Waals surface area contributed by atoms with E-state index in [0.717, 1.165) is 32.8 Å². The highest BCUT2D eigenvalue weighted by molar-refractivity contribution is 5.03. The van der Waals surface area contributed by atoms with Gasteiger partial charge >= 0.3 is 0 Å². The normalized spacial score (nSPS) is 18.3. The third-order valence-electron chi connectivity index (χ3n) is 2.24. The van der Waals surface area contributed by atoms with Crippen LogP contribution in [0.4, 0.5) is 0 Å². The van der Waals surface area contributed by atoms with Crippen LogP contribution < -0.4 is 4.74 Å². The van der Waals surface area contributed by atoms with Crippen molar-refractivity contribution in [1.82, 2.24) is 15.1 Å². The summed E-state index contributed by atoms with van der Waals surface area (Å²) in [6, 6.07) is 1.82. The van der Waals surface area contributed by atoms with E-state index in [0.29, 0.717) is 12.5 Å². The largest absolute Gasteiger partial charge is 0.475 e. The first kappa shape index (κ1) is 9.48. The number of aromatic nitrogens is 2. The fraction of sp³-hybridized carbons (Fsp3) is 0.667. The number of morpholine rings is 1. The van der Waals surface area contributed by atoms with Crippen molar-refractivity contribution in [2.24, 2.45) is 0 Å². The molecule has 2 heterocycles. The van der Waals surface area contributed by atoms with E-state index in [-0.39, 0.29) is 0 Å². The number of hydrogen-bond acceptors (Lipinski definition) is 4. The van der Waals surface area contributed by atoms with E-state index in [4.69, 9.17) is 9.47 Å². The van der Waals surface area contributed by atoms with Gasteiger partial charge in [-0.3, -0.25) is 10.00 Å². The minimum absolute atomic E-state index is 0.665. The van der Waals surface area contributed by atoms with E-state index in [1.54, 1.807) is 6.20 Å². The number of rotatable bonds is 4. The minimum Gasteiger partial charge on any atom is -0.475 e. The maximum absolute atomic E-state index is 5.42. The molecule has 0 spiro atoms. The summed E-state index contributed by atoms with van der Waals surface area (Å²) in [5.41, 5.74) is 0. The summed E-state index contributed by atoms with van der Waals surface area (Å²) in [6.07, 6.45) is 1.75. The highest BCUT2D eigenvalue weighted by Gasteiger charge is 2.09. The zero-order valence-electron chi connectivity index (χ0n) is 8.11. The zero-order valence-corrected chi connectivity index (χ0v) is 8.11. The standard InChI is InChI=1S/C9H15N3O2/c1-2-10-11-9(1)14-8-5-12-3-6-13-7-4-12/h1-2H,3-8H2,(H,10,11). The topological polar surface area (TPSA) is 50.4 Å². The Bertz CT molecular complexity index is 245. The van der Waals surface area contributed by atoms with E-state index < -0.39 is 0 Å². The van der Waals surface area contributed by atoms with Gasteiger partial charge in [0.05, 0.1) is 13.2 Å². The molecule has 1 aliphatic rings. The predicted molar refractivity (Wildman–Crippen MR) is 51.3 cm³/mol. The molecular weight excluding hydrogens is 182 g/mol. The highest BCUT2D eigenvalue weighted by Crippen LogP contribution is 2.02. The Labute approximate surface area is 83.0 Å². The molecule has 0 amide bonds. The number of aromatic amines is 1. The number of ether oxygens (including phenoxy) is 2. The Morgan fingerprint density at radius 2 is 2.36 bits per heavy atom. The van der Waals surface area contributed by atoms with Crippen LogP contribution in [0.25, 0.3) is 0 Å². The van der Waals surface area contributed by atoms with Gasteiger partial charge < -0.3 is 9.47 Å². The first-order valence-corrected chi connectivity index (χ1v) is 4.88. The molecule has 5 nitrogen and oxygen atoms in total. The Morgan fingerprint density at radius 1 is 1.50 bits per heavy atom. The number of H-pyrrole nitrogens is 1. The van der Waals surface area contributed by atoms with Crippen LogP contribution in [0, 0.1) is 0 Å². The molecule has 0 unspecified atom stereocenters. The third kappa shape index (κ3) is 2.71. The fourth-order valence-electron chi connectivity index (χ4n) is 1.43. The molecule has 1 fully saturated rings. The summed E-state index contributed by atoms with van der Waals surface area (Å²) in [5.74, 6) is 0.665. The van der Waals surface area contributed by atoms with E-state index in [1.165, 1.54) is 0 Å². The van der Waals surface area contributed by atoms with E-state index in [1.807, 2.05) is 6.07 Å². The van der Waals surface area contributed by atoms with Crippen LogP contribution in [0.5, 0.6) is 5.88 Å². The molecular formula is C9H15N3O2. The van der Waals surface area contributed by atoms with Crippen molar-refractivity contribution in [3.05, 3.63) is 12.3 Å². The second-order valence-corrected chi connectivity index (χ2v) is 3.21. The van der Waals surface area contributed by atoms with Crippen molar-refractivity contribution in [3.8, 4) is 5.88 Å². The quantitative estimate of drug-likeness (QED) is 0.745. The molecule has 78 valence electrons. The lowest BCUT2D eigenvalue weighted by Crippen LogP contribution is -2.38. The maximum Gasteiger partial charge on any atom is 0.232 e. The Balaban J connectivity index is 1.62. The van der Waals surface area contributed by atoms with E-state index in [2.05, 4.69) is 15.1 Å². The Morgan fingerprint density at radius 3 is 3.07 bits per heavy atom. The van der Waals surface area contributed by atoms with Crippen molar-refractivity contribution in [3.63, 3.8) is 0 Å². The van der Waals surface area contributed by atoms with Crippen molar-refractivity contribution >= 4 is 0 Å². The number of nitrogens with one attached hydrogen (secondary N) is 1. The summed E-state index contributed by atoms with van der Waals surface area (Å²) < 4.78 is 10.7. The maximum atomic E-state index is 5.42. The minimum atomic E-state index is 0.665. The summed E-state index contributed by atoms with van der Waals surface area (Å²) in [6.45, 7) is 5.31. The average Bonchev–Trinajstić information content (AvgIpc) is 2.72. The fourth-order valence-corrected chi connectivity index (χ4v) is 1.43. The van der Waals surface area contributed by atoms with Crippen molar-refractivity contribution in [1.29, 1.82) is 0 Å². The highest BCUT2D eigenvalue weighted by atomic mass is 16.5. The van der Waals surface area contributed by atoms with Gasteiger partial charge in [0.1, 0.15) is 6.61 Å². The first-order chi connectivity index (χ1) is 6.95. The summed E-state index contributed by atoms with van der Waals surface area (Å²) in [4.78, 5) is 2.33. The smallest absolute Gasteiger partial charge is 0.232 e. The lowest BCUT2D eigenvalue weighted by Gasteiger charge is -2.26. The van der Waals surface area contributed by atoms with Crippen molar-refractivity contribution in [2.45, 2.75) is 0 Å². The molecule has 14 heavy (non-hydrogen) atoms. The molecule has 1 N–H and O–H groups in total. The van der Waals surface area contributed by atoms with Gasteiger partial charge in [0.25, 0.3) is 0 Å². The zero-order chi connectivity index (χ0) is 9.64. The van der Waals surface area contributed by atoms with Crippen molar-refractivity contribution < 1.29 is 9.47 Å². The van der Waals surface area contributed by atoms with Crippen LogP contribution in [0.3, 0.4) is 0 Å². The summed E-state index contributed by atoms with van der Waals surface area (Å²) >= 11 is 0. The lowest BCUT2D eigenvalue weighted by atomic mass is 10.4. The molecule has 1 saturated heterocycles. The Kier molecular flexibility index (Phi) is 3.37. The van der Waals surface area contributed by atoms with Gasteiger partial charge in [0, 0.05) is 31.9 Å². The molecule has 5 heteroatoms. The molecule has 0 saturated carbocycles. The lowest BCUT2D eigenvalue weighted by molar-refractivity contribution is 0.0320. The summed E-state index contributed by atoms with van der Waals surface area (Å²) in [5, 5.41) is 6.62. The van der Waals surface area contributed by atoms with Gasteiger partial charge in [0.15, 0.2) is 0 Å².